The molecule has 0 saturated carbocycles. The third kappa shape index (κ3) is 2.97. The number of sulfonamides is 1. The Morgan fingerprint density at radius 1 is 1.30 bits per heavy atom. The van der Waals surface area contributed by atoms with Gasteiger partial charge < -0.3 is 10.1 Å². The number of aromatic nitrogens is 2. The molecule has 1 heterocycles. The van der Waals surface area contributed by atoms with Crippen molar-refractivity contribution in [2.45, 2.75) is 11.4 Å². The van der Waals surface area contributed by atoms with Gasteiger partial charge in [-0.1, -0.05) is 18.2 Å². The van der Waals surface area contributed by atoms with Crippen LogP contribution in [0.5, 0.6) is 0 Å². The van der Waals surface area contributed by atoms with Crippen LogP contribution in [0.2, 0.25) is 0 Å². The predicted molar refractivity (Wildman–Crippen MR) is 71.8 cm³/mol. The van der Waals surface area contributed by atoms with Crippen molar-refractivity contribution in [3.05, 3.63) is 42.9 Å². The number of rotatable bonds is 6. The Labute approximate surface area is 115 Å². The van der Waals surface area contributed by atoms with Crippen molar-refractivity contribution in [2.24, 2.45) is 0 Å². The molecule has 7 nitrogen and oxygen atoms in total. The molecule has 0 aliphatic carbocycles. The lowest BCUT2D eigenvalue weighted by atomic mass is 10.3. The normalized spacial score (nSPS) is 11.2. The van der Waals surface area contributed by atoms with Crippen LogP contribution in [0.15, 0.2) is 47.9 Å². The second-order valence-electron chi connectivity index (χ2n) is 3.97. The van der Waals surface area contributed by atoms with Crippen molar-refractivity contribution in [3.63, 3.8) is 0 Å². The van der Waals surface area contributed by atoms with Gasteiger partial charge in [0.05, 0.1) is 24.6 Å². The van der Waals surface area contributed by atoms with Crippen LogP contribution < -0.4 is 4.31 Å². The average molecular weight is 295 g/mol. The zero-order valence-electron chi connectivity index (χ0n) is 10.4. The fourth-order valence-corrected chi connectivity index (χ4v) is 3.05. The fourth-order valence-electron chi connectivity index (χ4n) is 1.68. The van der Waals surface area contributed by atoms with Crippen LogP contribution >= 0.6 is 0 Å². The van der Waals surface area contributed by atoms with E-state index in [1.165, 1.54) is 12.5 Å². The Kier molecular flexibility index (Phi) is 4.04. The molecule has 0 spiro atoms. The van der Waals surface area contributed by atoms with Crippen molar-refractivity contribution in [3.8, 4) is 0 Å². The van der Waals surface area contributed by atoms with E-state index in [0.29, 0.717) is 5.69 Å². The highest BCUT2D eigenvalue weighted by molar-refractivity contribution is 7.92. The van der Waals surface area contributed by atoms with Gasteiger partial charge in [-0.15, -0.1) is 0 Å². The van der Waals surface area contributed by atoms with Crippen LogP contribution in [0.4, 0.5) is 5.69 Å². The molecule has 0 radical (unpaired) electrons. The summed E-state index contributed by atoms with van der Waals surface area (Å²) in [6, 6.07) is 8.34. The zero-order chi connectivity index (χ0) is 14.6. The lowest BCUT2D eigenvalue weighted by molar-refractivity contribution is -0.136. The van der Waals surface area contributed by atoms with Crippen LogP contribution in [-0.2, 0) is 14.8 Å². The lowest BCUT2D eigenvalue weighted by Crippen LogP contribution is -2.33. The van der Waals surface area contributed by atoms with E-state index in [1.807, 2.05) is 0 Å². The summed E-state index contributed by atoms with van der Waals surface area (Å²) in [6.07, 6.45) is 2.15. The summed E-state index contributed by atoms with van der Waals surface area (Å²) in [5.41, 5.74) is 0.406. The third-order valence-electron chi connectivity index (χ3n) is 2.61. The van der Waals surface area contributed by atoms with E-state index < -0.39 is 16.0 Å². The van der Waals surface area contributed by atoms with E-state index in [2.05, 4.69) is 9.97 Å². The molecular weight excluding hydrogens is 282 g/mol. The van der Waals surface area contributed by atoms with E-state index in [1.54, 1.807) is 30.3 Å². The number of carbonyl (C=O) groups is 1. The molecule has 0 fully saturated rings. The topological polar surface area (TPSA) is 103 Å². The van der Waals surface area contributed by atoms with Crippen LogP contribution in [0, 0.1) is 0 Å². The number of benzene rings is 1. The van der Waals surface area contributed by atoms with Crippen molar-refractivity contribution >= 4 is 21.7 Å². The summed E-state index contributed by atoms with van der Waals surface area (Å²) < 4.78 is 26.0. The van der Waals surface area contributed by atoms with Gasteiger partial charge in [-0.25, -0.2) is 4.98 Å². The summed E-state index contributed by atoms with van der Waals surface area (Å²) >= 11 is 0. The van der Waals surface area contributed by atoms with E-state index in [9.17, 15) is 13.2 Å². The Morgan fingerprint density at radius 2 is 2.00 bits per heavy atom. The van der Waals surface area contributed by atoms with Crippen LogP contribution in [0.3, 0.4) is 0 Å². The number of hydrogen-bond acceptors (Lipinski definition) is 4. The lowest BCUT2D eigenvalue weighted by Gasteiger charge is -2.22. The van der Waals surface area contributed by atoms with Gasteiger partial charge in [0.15, 0.2) is 5.03 Å². The SMILES string of the molecule is O=C(O)CCN(c1ccccc1)S(=O)(=O)c1cnc[nH]1. The molecule has 2 N–H and O–H groups in total. The second kappa shape index (κ2) is 5.74. The van der Waals surface area contributed by atoms with E-state index in [4.69, 9.17) is 5.11 Å². The second-order valence-corrected chi connectivity index (χ2v) is 5.80. The molecule has 2 rings (SSSR count). The van der Waals surface area contributed by atoms with Gasteiger partial charge >= 0.3 is 5.97 Å². The molecule has 1 aromatic heterocycles. The standard InChI is InChI=1S/C12H13N3O4S/c16-12(17)6-7-15(10-4-2-1-3-5-10)20(18,19)11-8-13-9-14-11/h1-5,8-9H,6-7H2,(H,13,14)(H,16,17). The van der Waals surface area contributed by atoms with Crippen LogP contribution in [0.1, 0.15) is 6.42 Å². The highest BCUT2D eigenvalue weighted by atomic mass is 32.2. The van der Waals surface area contributed by atoms with Crippen LogP contribution in [0.25, 0.3) is 0 Å². The molecule has 0 unspecified atom stereocenters. The van der Waals surface area contributed by atoms with Gasteiger partial charge in [0, 0.05) is 6.54 Å². The first-order valence-electron chi connectivity index (χ1n) is 5.80. The Morgan fingerprint density at radius 3 is 2.55 bits per heavy atom. The molecule has 0 atom stereocenters. The van der Waals surface area contributed by atoms with Gasteiger partial charge in [0.25, 0.3) is 10.0 Å². The van der Waals surface area contributed by atoms with E-state index in [-0.39, 0.29) is 18.0 Å². The van der Waals surface area contributed by atoms with Crippen molar-refractivity contribution in [1.29, 1.82) is 0 Å². The Balaban J connectivity index is 2.39. The number of imidazole rings is 1. The first-order valence-corrected chi connectivity index (χ1v) is 7.24. The summed E-state index contributed by atoms with van der Waals surface area (Å²) in [5.74, 6) is -1.06. The molecule has 8 heteroatoms. The summed E-state index contributed by atoms with van der Waals surface area (Å²) in [6.45, 7) is -0.152. The molecule has 2 aromatic rings. The fraction of sp³-hybridized carbons (Fsp3) is 0.167. The molecule has 1 aromatic carbocycles. The minimum Gasteiger partial charge on any atom is -0.481 e. The number of aromatic amines is 1. The van der Waals surface area contributed by atoms with Gasteiger partial charge in [-0.05, 0) is 12.1 Å². The molecule has 20 heavy (non-hydrogen) atoms. The van der Waals surface area contributed by atoms with Crippen molar-refractivity contribution in [1.82, 2.24) is 9.97 Å². The maximum absolute atomic E-state index is 12.5. The monoisotopic (exact) mass is 295 g/mol. The van der Waals surface area contributed by atoms with E-state index >= 15 is 0 Å². The van der Waals surface area contributed by atoms with Crippen LogP contribution in [-0.4, -0.2) is 36.0 Å². The molecule has 106 valence electrons. The predicted octanol–water partition coefficient (Wildman–Crippen LogP) is 1.08. The number of hydrogen-bond donors (Lipinski definition) is 2. The summed E-state index contributed by atoms with van der Waals surface area (Å²) in [5, 5.41) is 8.69. The van der Waals surface area contributed by atoms with Crippen molar-refractivity contribution < 1.29 is 18.3 Å². The number of nitrogens with zero attached hydrogens (tertiary/aromatic N) is 2. The number of nitrogens with one attached hydrogen (secondary N) is 1. The number of anilines is 1. The summed E-state index contributed by atoms with van der Waals surface area (Å²) in [4.78, 5) is 16.9. The number of H-pyrrole nitrogens is 1. The average Bonchev–Trinajstić information content (AvgIpc) is 2.94. The minimum atomic E-state index is -3.85. The zero-order valence-corrected chi connectivity index (χ0v) is 11.2. The number of para-hydroxylation sites is 1. The van der Waals surface area contributed by atoms with E-state index in [0.717, 1.165) is 4.31 Å². The quantitative estimate of drug-likeness (QED) is 0.830. The molecule has 0 aliphatic rings. The van der Waals surface area contributed by atoms with Crippen molar-refractivity contribution in [2.75, 3.05) is 10.8 Å². The Bertz CT molecular complexity index is 668. The minimum absolute atomic E-state index is 0.0771. The number of carboxylic acids is 1. The molecule has 0 bridgehead atoms. The number of carboxylic acid groups (broad SMARTS) is 1. The first-order chi connectivity index (χ1) is 9.51. The smallest absolute Gasteiger partial charge is 0.305 e. The number of aliphatic carboxylic acids is 1. The maximum Gasteiger partial charge on any atom is 0.305 e. The highest BCUT2D eigenvalue weighted by Crippen LogP contribution is 2.22. The molecule has 0 aliphatic heterocycles. The highest BCUT2D eigenvalue weighted by Gasteiger charge is 2.26. The Hall–Kier alpha value is -2.35. The largest absolute Gasteiger partial charge is 0.481 e. The molecule has 0 saturated heterocycles. The molecular formula is C12H13N3O4S. The third-order valence-corrected chi connectivity index (χ3v) is 4.37. The van der Waals surface area contributed by atoms with Gasteiger partial charge in [0.1, 0.15) is 0 Å². The van der Waals surface area contributed by atoms with Gasteiger partial charge in [0.2, 0.25) is 0 Å². The maximum atomic E-state index is 12.5. The summed E-state index contributed by atoms with van der Waals surface area (Å²) in [7, 11) is -3.85. The van der Waals surface area contributed by atoms with Gasteiger partial charge in [-0.3, -0.25) is 9.10 Å². The first kappa shape index (κ1) is 14.1. The molecule has 0 amide bonds. The van der Waals surface area contributed by atoms with Gasteiger partial charge in [-0.2, -0.15) is 8.42 Å².